The Hall–Kier alpha value is -0.620. The lowest BCUT2D eigenvalue weighted by Crippen LogP contribution is -2.26. The summed E-state index contributed by atoms with van der Waals surface area (Å²) in [4.78, 5) is 0. The van der Waals surface area contributed by atoms with E-state index in [1.54, 1.807) is 6.20 Å². The summed E-state index contributed by atoms with van der Waals surface area (Å²) in [5, 5.41) is 1.85. The van der Waals surface area contributed by atoms with Gasteiger partial charge in [0.2, 0.25) is 0 Å². The van der Waals surface area contributed by atoms with Crippen molar-refractivity contribution in [1.29, 1.82) is 0 Å². The SMILES string of the molecule is O=S1(=O)CCC(COc2cnsc2)CC1. The Balaban J connectivity index is 1.78. The number of nitrogens with zero attached hydrogens (tertiary/aromatic N) is 1. The predicted molar refractivity (Wildman–Crippen MR) is 59.0 cm³/mol. The molecule has 1 saturated heterocycles. The van der Waals surface area contributed by atoms with Crippen LogP contribution < -0.4 is 4.74 Å². The highest BCUT2D eigenvalue weighted by Gasteiger charge is 2.23. The number of hydrogen-bond donors (Lipinski definition) is 0. The second kappa shape index (κ2) is 4.49. The molecule has 0 N–H and O–H groups in total. The van der Waals surface area contributed by atoms with Gasteiger partial charge in [-0.2, -0.15) is 4.37 Å². The first kappa shape index (κ1) is 10.9. The van der Waals surface area contributed by atoms with Crippen molar-refractivity contribution in [2.24, 2.45) is 5.92 Å². The van der Waals surface area contributed by atoms with Crippen molar-refractivity contribution in [3.8, 4) is 5.75 Å². The maximum atomic E-state index is 11.2. The normalized spacial score (nSPS) is 21.3. The summed E-state index contributed by atoms with van der Waals surface area (Å²) in [6.45, 7) is 0.605. The van der Waals surface area contributed by atoms with E-state index in [-0.39, 0.29) is 0 Å². The van der Waals surface area contributed by atoms with Gasteiger partial charge < -0.3 is 4.74 Å². The Morgan fingerprint density at radius 2 is 2.20 bits per heavy atom. The first-order chi connectivity index (χ1) is 7.16. The van der Waals surface area contributed by atoms with Gasteiger partial charge in [-0.25, -0.2) is 8.42 Å². The van der Waals surface area contributed by atoms with Crippen LogP contribution in [0.3, 0.4) is 0 Å². The Morgan fingerprint density at radius 3 is 2.80 bits per heavy atom. The maximum absolute atomic E-state index is 11.2. The summed E-state index contributed by atoms with van der Waals surface area (Å²) in [6.07, 6.45) is 3.13. The van der Waals surface area contributed by atoms with Gasteiger partial charge in [0, 0.05) is 0 Å². The Labute approximate surface area is 93.4 Å². The first-order valence-corrected chi connectivity index (χ1v) is 7.54. The van der Waals surface area contributed by atoms with Gasteiger partial charge in [-0.3, -0.25) is 0 Å². The molecule has 0 aliphatic carbocycles. The van der Waals surface area contributed by atoms with E-state index in [1.165, 1.54) is 11.5 Å². The molecule has 4 nitrogen and oxygen atoms in total. The van der Waals surface area contributed by atoms with Gasteiger partial charge in [0.05, 0.1) is 29.7 Å². The van der Waals surface area contributed by atoms with E-state index in [4.69, 9.17) is 4.74 Å². The van der Waals surface area contributed by atoms with Crippen LogP contribution >= 0.6 is 11.5 Å². The van der Waals surface area contributed by atoms with Crippen molar-refractivity contribution < 1.29 is 13.2 Å². The first-order valence-electron chi connectivity index (χ1n) is 4.88. The van der Waals surface area contributed by atoms with E-state index in [1.807, 2.05) is 5.38 Å². The average Bonchev–Trinajstić information content (AvgIpc) is 2.69. The van der Waals surface area contributed by atoms with Crippen LogP contribution in [0.5, 0.6) is 5.75 Å². The molecule has 84 valence electrons. The molecule has 0 saturated carbocycles. The summed E-state index contributed by atoms with van der Waals surface area (Å²) in [7, 11) is -2.75. The van der Waals surface area contributed by atoms with Crippen molar-refractivity contribution >= 4 is 21.4 Å². The largest absolute Gasteiger partial charge is 0.491 e. The van der Waals surface area contributed by atoms with Gasteiger partial charge >= 0.3 is 0 Å². The quantitative estimate of drug-likeness (QED) is 0.809. The molecular weight excluding hydrogens is 234 g/mol. The van der Waals surface area contributed by atoms with Crippen molar-refractivity contribution in [3.05, 3.63) is 11.6 Å². The molecule has 0 unspecified atom stereocenters. The van der Waals surface area contributed by atoms with Crippen LogP contribution in [-0.4, -0.2) is 30.9 Å². The lowest BCUT2D eigenvalue weighted by Gasteiger charge is -2.21. The highest BCUT2D eigenvalue weighted by atomic mass is 32.2. The Morgan fingerprint density at radius 1 is 1.47 bits per heavy atom. The minimum atomic E-state index is -2.75. The summed E-state index contributed by atoms with van der Waals surface area (Å²) in [6, 6.07) is 0. The maximum Gasteiger partial charge on any atom is 0.150 e. The summed E-state index contributed by atoms with van der Waals surface area (Å²) in [5.41, 5.74) is 0. The molecule has 0 bridgehead atoms. The van der Waals surface area contributed by atoms with E-state index >= 15 is 0 Å². The number of sulfone groups is 1. The average molecular weight is 247 g/mol. The van der Waals surface area contributed by atoms with Crippen LogP contribution in [0.4, 0.5) is 0 Å². The van der Waals surface area contributed by atoms with Crippen molar-refractivity contribution in [1.82, 2.24) is 4.37 Å². The molecule has 0 amide bonds. The lowest BCUT2D eigenvalue weighted by atomic mass is 10.0. The van der Waals surface area contributed by atoms with E-state index in [0.717, 1.165) is 18.6 Å². The zero-order chi connectivity index (χ0) is 10.7. The van der Waals surface area contributed by atoms with Gasteiger partial charge in [0.1, 0.15) is 15.6 Å². The predicted octanol–water partition coefficient (Wildman–Crippen LogP) is 1.35. The molecule has 1 aliphatic heterocycles. The molecule has 1 aromatic rings. The summed E-state index contributed by atoms with van der Waals surface area (Å²) >= 11 is 1.36. The number of hydrogen-bond acceptors (Lipinski definition) is 5. The summed E-state index contributed by atoms with van der Waals surface area (Å²) < 4.78 is 31.8. The standard InChI is InChI=1S/C9H13NO3S2/c11-15(12)3-1-8(2-4-15)6-13-9-5-10-14-7-9/h5,7-8H,1-4,6H2. The van der Waals surface area contributed by atoms with Gasteiger partial charge in [-0.1, -0.05) is 0 Å². The minimum absolute atomic E-state index is 0.308. The fraction of sp³-hybridized carbons (Fsp3) is 0.667. The molecule has 6 heteroatoms. The van der Waals surface area contributed by atoms with Crippen molar-refractivity contribution in [3.63, 3.8) is 0 Å². The molecule has 2 rings (SSSR count). The molecule has 1 fully saturated rings. The van der Waals surface area contributed by atoms with Gasteiger partial charge in [-0.05, 0) is 30.3 Å². The van der Waals surface area contributed by atoms with Crippen molar-refractivity contribution in [2.75, 3.05) is 18.1 Å². The van der Waals surface area contributed by atoms with Gasteiger partial charge in [-0.15, -0.1) is 0 Å². The third-order valence-electron chi connectivity index (χ3n) is 2.57. The lowest BCUT2D eigenvalue weighted by molar-refractivity contribution is 0.238. The molecular formula is C9H13NO3S2. The molecule has 1 aliphatic rings. The Kier molecular flexibility index (Phi) is 3.25. The molecule has 0 radical (unpaired) electrons. The fourth-order valence-corrected chi connectivity index (χ4v) is 3.63. The minimum Gasteiger partial charge on any atom is -0.491 e. The van der Waals surface area contributed by atoms with Crippen LogP contribution in [0.2, 0.25) is 0 Å². The fourth-order valence-electron chi connectivity index (χ4n) is 1.59. The molecule has 2 heterocycles. The van der Waals surface area contributed by atoms with Crippen LogP contribution in [-0.2, 0) is 9.84 Å². The smallest absolute Gasteiger partial charge is 0.150 e. The van der Waals surface area contributed by atoms with Gasteiger partial charge in [0.25, 0.3) is 0 Å². The third kappa shape index (κ3) is 3.17. The van der Waals surface area contributed by atoms with Gasteiger partial charge in [0.15, 0.2) is 0 Å². The zero-order valence-electron chi connectivity index (χ0n) is 8.26. The molecule has 1 aromatic heterocycles. The molecule has 15 heavy (non-hydrogen) atoms. The van der Waals surface area contributed by atoms with Crippen LogP contribution in [0.25, 0.3) is 0 Å². The van der Waals surface area contributed by atoms with E-state index in [2.05, 4.69) is 4.37 Å². The third-order valence-corrected chi connectivity index (χ3v) is 4.85. The monoisotopic (exact) mass is 247 g/mol. The van der Waals surface area contributed by atoms with E-state index < -0.39 is 9.84 Å². The topological polar surface area (TPSA) is 56.3 Å². The van der Waals surface area contributed by atoms with E-state index in [0.29, 0.717) is 24.0 Å². The number of ether oxygens (including phenoxy) is 1. The van der Waals surface area contributed by atoms with Crippen LogP contribution in [0.15, 0.2) is 11.6 Å². The van der Waals surface area contributed by atoms with Crippen LogP contribution in [0.1, 0.15) is 12.8 Å². The highest BCUT2D eigenvalue weighted by molar-refractivity contribution is 7.91. The number of rotatable bonds is 3. The second-order valence-electron chi connectivity index (χ2n) is 3.77. The Bertz CT molecular complexity index is 385. The second-order valence-corrected chi connectivity index (χ2v) is 6.73. The summed E-state index contributed by atoms with van der Waals surface area (Å²) in [5.74, 6) is 1.77. The van der Waals surface area contributed by atoms with Crippen LogP contribution in [0, 0.1) is 5.92 Å². The zero-order valence-corrected chi connectivity index (χ0v) is 9.89. The highest BCUT2D eigenvalue weighted by Crippen LogP contribution is 2.20. The molecule has 0 atom stereocenters. The molecule has 0 spiro atoms. The van der Waals surface area contributed by atoms with Crippen molar-refractivity contribution in [2.45, 2.75) is 12.8 Å². The van der Waals surface area contributed by atoms with E-state index in [9.17, 15) is 8.42 Å². The molecule has 0 aromatic carbocycles. The number of aromatic nitrogens is 1.